The van der Waals surface area contributed by atoms with E-state index < -0.39 is 5.82 Å². The molecule has 0 heterocycles. The predicted octanol–water partition coefficient (Wildman–Crippen LogP) is 5.15. The summed E-state index contributed by atoms with van der Waals surface area (Å²) >= 11 is 3.20. The zero-order valence-electron chi connectivity index (χ0n) is 11.1. The predicted molar refractivity (Wildman–Crippen MR) is 74.0 cm³/mol. The molecule has 0 spiro atoms. The van der Waals surface area contributed by atoms with Crippen LogP contribution in [0.15, 0.2) is 16.6 Å². The molecule has 0 saturated heterocycles. The van der Waals surface area contributed by atoms with Gasteiger partial charge >= 0.3 is 0 Å². The first-order chi connectivity index (χ1) is 7.97. The number of rotatable bonds is 3. The summed E-state index contributed by atoms with van der Waals surface area (Å²) in [4.78, 5) is 11.9. The highest BCUT2D eigenvalue weighted by Crippen LogP contribution is 2.23. The van der Waals surface area contributed by atoms with Crippen molar-refractivity contribution in [2.24, 2.45) is 5.92 Å². The van der Waals surface area contributed by atoms with E-state index in [-0.39, 0.29) is 17.3 Å². The van der Waals surface area contributed by atoms with Crippen LogP contribution in [0.5, 0.6) is 0 Å². The summed E-state index contributed by atoms with van der Waals surface area (Å²) in [5, 5.41) is 0. The number of Topliss-reactive ketones (excluding diaryl/α,β-unsaturated/α-hetero) is 1. The van der Waals surface area contributed by atoms with Crippen LogP contribution in [0, 0.1) is 18.7 Å². The van der Waals surface area contributed by atoms with Crippen LogP contribution in [0.4, 0.5) is 4.39 Å². The van der Waals surface area contributed by atoms with E-state index in [1.54, 1.807) is 13.0 Å². The van der Waals surface area contributed by atoms with Crippen LogP contribution >= 0.6 is 15.9 Å². The number of carbonyl (C=O) groups is 1. The molecule has 1 atom stereocenters. The monoisotopic (exact) mass is 302 g/mol. The number of carbonyl (C=O) groups excluding carboxylic acids is 1. The minimum absolute atomic E-state index is 0.111. The molecule has 1 unspecified atom stereocenters. The fraction of sp³-hybridized carbons (Fsp3) is 0.500. The number of halogens is 2. The number of hydrogen-bond acceptors (Lipinski definition) is 1. The van der Waals surface area contributed by atoms with Crippen molar-refractivity contribution in [1.29, 1.82) is 0 Å². The molecule has 0 aliphatic rings. The lowest BCUT2D eigenvalue weighted by Gasteiger charge is -2.11. The first-order valence-corrected chi connectivity index (χ1v) is 6.76. The zero-order valence-corrected chi connectivity index (χ0v) is 12.7. The smallest absolute Gasteiger partial charge is 0.168 e. The molecule has 0 aliphatic heterocycles. The van der Waals surface area contributed by atoms with E-state index in [9.17, 15) is 9.18 Å². The van der Waals surface area contributed by atoms with Gasteiger partial charge in [-0.3, -0.25) is 4.79 Å². The van der Waals surface area contributed by atoms with Gasteiger partial charge in [0.25, 0.3) is 0 Å². The van der Waals surface area contributed by atoms with Gasteiger partial charge in [0, 0.05) is 10.4 Å². The van der Waals surface area contributed by atoms with Gasteiger partial charge in [0.2, 0.25) is 0 Å². The number of hydrogen-bond donors (Lipinski definition) is 0. The molecule has 0 bridgehead atoms. The Labute approximate surface area is 112 Å². The van der Waals surface area contributed by atoms with E-state index in [4.69, 9.17) is 0 Å². The molecule has 0 aliphatic carbocycles. The second kappa shape index (κ2) is 7.59. The van der Waals surface area contributed by atoms with E-state index in [0.29, 0.717) is 10.0 Å². The van der Waals surface area contributed by atoms with Crippen LogP contribution in [0.1, 0.15) is 50.0 Å². The van der Waals surface area contributed by atoms with Crippen molar-refractivity contribution in [3.63, 3.8) is 0 Å². The van der Waals surface area contributed by atoms with Crippen molar-refractivity contribution in [3.8, 4) is 0 Å². The van der Waals surface area contributed by atoms with Gasteiger partial charge in [0.05, 0.1) is 5.56 Å². The maximum atomic E-state index is 13.6. The highest BCUT2D eigenvalue weighted by atomic mass is 79.9. The van der Waals surface area contributed by atoms with Crippen molar-refractivity contribution >= 4 is 21.7 Å². The fourth-order valence-corrected chi connectivity index (χ4v) is 1.99. The normalized spacial score (nSPS) is 11.5. The third kappa shape index (κ3) is 4.23. The minimum atomic E-state index is -0.438. The largest absolute Gasteiger partial charge is 0.294 e. The van der Waals surface area contributed by atoms with Gasteiger partial charge < -0.3 is 0 Å². The summed E-state index contributed by atoms with van der Waals surface area (Å²) in [6.45, 7) is 9.50. The molecule has 0 amide bonds. The van der Waals surface area contributed by atoms with E-state index in [1.165, 1.54) is 6.07 Å². The summed E-state index contributed by atoms with van der Waals surface area (Å²) in [6, 6.07) is 3.10. The standard InChI is InChI=1S/C12H14BrFO.C2H6/c1-4-7(2)12(15)11-8(3)5-9(13)6-10(11)14;1-2/h5-7H,4H2,1-3H3;1-2H3. The fourth-order valence-electron chi connectivity index (χ4n) is 1.45. The molecule has 0 radical (unpaired) electrons. The lowest BCUT2D eigenvalue weighted by atomic mass is 9.94. The lowest BCUT2D eigenvalue weighted by molar-refractivity contribution is 0.0922. The highest BCUT2D eigenvalue weighted by molar-refractivity contribution is 9.10. The Hall–Kier alpha value is -0.700. The number of benzene rings is 1. The quantitative estimate of drug-likeness (QED) is 0.706. The summed E-state index contributed by atoms with van der Waals surface area (Å²) in [7, 11) is 0. The molecule has 0 fully saturated rings. The summed E-state index contributed by atoms with van der Waals surface area (Å²) in [5.41, 5.74) is 0.916. The second-order valence-corrected chi connectivity index (χ2v) is 4.67. The van der Waals surface area contributed by atoms with Crippen LogP contribution in [0.2, 0.25) is 0 Å². The summed E-state index contributed by atoms with van der Waals surface area (Å²) < 4.78 is 14.3. The zero-order chi connectivity index (χ0) is 13.6. The van der Waals surface area contributed by atoms with Gasteiger partial charge in [0.15, 0.2) is 5.78 Å². The molecule has 0 aromatic heterocycles. The van der Waals surface area contributed by atoms with Gasteiger partial charge in [-0.1, -0.05) is 43.6 Å². The van der Waals surface area contributed by atoms with Crippen molar-refractivity contribution in [2.45, 2.75) is 41.0 Å². The highest BCUT2D eigenvalue weighted by Gasteiger charge is 2.19. The average Bonchev–Trinajstić information content (AvgIpc) is 2.29. The summed E-state index contributed by atoms with van der Waals surface area (Å²) in [6.07, 6.45) is 0.730. The lowest BCUT2D eigenvalue weighted by Crippen LogP contribution is -2.13. The maximum Gasteiger partial charge on any atom is 0.168 e. The molecule has 96 valence electrons. The third-order valence-electron chi connectivity index (χ3n) is 2.56. The first kappa shape index (κ1) is 16.3. The van der Waals surface area contributed by atoms with Crippen LogP contribution in [-0.2, 0) is 0 Å². The Morgan fingerprint density at radius 1 is 1.41 bits per heavy atom. The molecule has 3 heteroatoms. The van der Waals surface area contributed by atoms with Gasteiger partial charge in [-0.15, -0.1) is 0 Å². The first-order valence-electron chi connectivity index (χ1n) is 5.97. The van der Waals surface area contributed by atoms with Gasteiger partial charge in [-0.05, 0) is 31.0 Å². The minimum Gasteiger partial charge on any atom is -0.294 e. The molecule has 17 heavy (non-hydrogen) atoms. The van der Waals surface area contributed by atoms with Crippen LogP contribution in [0.25, 0.3) is 0 Å². The van der Waals surface area contributed by atoms with Crippen LogP contribution < -0.4 is 0 Å². The Morgan fingerprint density at radius 3 is 2.35 bits per heavy atom. The van der Waals surface area contributed by atoms with Crippen molar-refractivity contribution in [1.82, 2.24) is 0 Å². The van der Waals surface area contributed by atoms with E-state index in [2.05, 4.69) is 15.9 Å². The number of ketones is 1. The van der Waals surface area contributed by atoms with Crippen molar-refractivity contribution < 1.29 is 9.18 Å². The van der Waals surface area contributed by atoms with Crippen molar-refractivity contribution in [2.75, 3.05) is 0 Å². The van der Waals surface area contributed by atoms with Gasteiger partial charge in [0.1, 0.15) is 5.82 Å². The molecule has 1 nitrogen and oxygen atoms in total. The topological polar surface area (TPSA) is 17.1 Å². The SMILES string of the molecule is CC.CCC(C)C(=O)c1c(C)cc(Br)cc1F. The molecule has 0 saturated carbocycles. The summed E-state index contributed by atoms with van der Waals surface area (Å²) in [5.74, 6) is -0.674. The second-order valence-electron chi connectivity index (χ2n) is 3.75. The molecule has 1 rings (SSSR count). The Morgan fingerprint density at radius 2 is 1.94 bits per heavy atom. The number of aryl methyl sites for hydroxylation is 1. The Bertz CT molecular complexity index is 365. The van der Waals surface area contributed by atoms with E-state index >= 15 is 0 Å². The Kier molecular flexibility index (Phi) is 7.28. The van der Waals surface area contributed by atoms with Gasteiger partial charge in [-0.25, -0.2) is 4.39 Å². The third-order valence-corrected chi connectivity index (χ3v) is 3.02. The van der Waals surface area contributed by atoms with E-state index in [0.717, 1.165) is 6.42 Å². The molecule has 0 N–H and O–H groups in total. The Balaban J connectivity index is 0.00000121. The molecular weight excluding hydrogens is 283 g/mol. The molecule has 1 aromatic carbocycles. The average molecular weight is 303 g/mol. The van der Waals surface area contributed by atoms with E-state index in [1.807, 2.05) is 27.7 Å². The maximum absolute atomic E-state index is 13.6. The molecular formula is C14H20BrFO. The van der Waals surface area contributed by atoms with Gasteiger partial charge in [-0.2, -0.15) is 0 Å². The van der Waals surface area contributed by atoms with Crippen LogP contribution in [0.3, 0.4) is 0 Å². The van der Waals surface area contributed by atoms with Crippen LogP contribution in [-0.4, -0.2) is 5.78 Å². The molecule has 1 aromatic rings. The van der Waals surface area contributed by atoms with Crippen molar-refractivity contribution in [3.05, 3.63) is 33.5 Å².